The Morgan fingerprint density at radius 3 is 2.52 bits per heavy atom. The summed E-state index contributed by atoms with van der Waals surface area (Å²) in [6.07, 6.45) is 8.44. The Balaban J connectivity index is 2.07. The molecule has 0 radical (unpaired) electrons. The van der Waals surface area contributed by atoms with Gasteiger partial charge in [0, 0.05) is 5.57 Å². The maximum absolute atomic E-state index is 12.0. The van der Waals surface area contributed by atoms with Gasteiger partial charge in [-0.15, -0.1) is 0 Å². The van der Waals surface area contributed by atoms with Crippen molar-refractivity contribution in [3.05, 3.63) is 23.3 Å². The van der Waals surface area contributed by atoms with Crippen LogP contribution in [0.5, 0.6) is 0 Å². The zero-order valence-electron chi connectivity index (χ0n) is 13.0. The second-order valence-electron chi connectivity index (χ2n) is 6.17. The lowest BCUT2D eigenvalue weighted by Gasteiger charge is -2.18. The summed E-state index contributed by atoms with van der Waals surface area (Å²) in [6, 6.07) is 0. The Morgan fingerprint density at radius 2 is 1.90 bits per heavy atom. The highest BCUT2D eigenvalue weighted by Gasteiger charge is 2.24. The molecule has 2 aliphatic rings. The summed E-state index contributed by atoms with van der Waals surface area (Å²) < 4.78 is 0. The molecule has 114 valence electrons. The molecule has 0 aromatic carbocycles. The smallest absolute Gasteiger partial charge is 0.317 e. The van der Waals surface area contributed by atoms with Crippen molar-refractivity contribution in [2.24, 2.45) is 17.0 Å². The zero-order valence-corrected chi connectivity index (χ0v) is 13.0. The lowest BCUT2D eigenvalue weighted by Crippen LogP contribution is -2.20. The van der Waals surface area contributed by atoms with Crippen LogP contribution in [-0.4, -0.2) is 17.5 Å². The number of nitrogens with zero attached hydrogens (tertiary/aromatic N) is 1. The van der Waals surface area contributed by atoms with E-state index >= 15 is 0 Å². The van der Waals surface area contributed by atoms with Gasteiger partial charge in [-0.3, -0.25) is 4.79 Å². The maximum Gasteiger partial charge on any atom is 0.338 e. The van der Waals surface area contributed by atoms with E-state index in [1.807, 2.05) is 13.8 Å². The molecule has 0 N–H and O–H groups in total. The van der Waals surface area contributed by atoms with Crippen molar-refractivity contribution in [2.75, 3.05) is 0 Å². The van der Waals surface area contributed by atoms with Crippen molar-refractivity contribution in [3.8, 4) is 0 Å². The first-order valence-electron chi connectivity index (χ1n) is 7.72. The van der Waals surface area contributed by atoms with Crippen molar-refractivity contribution >= 4 is 17.5 Å². The van der Waals surface area contributed by atoms with Gasteiger partial charge in [0.2, 0.25) is 0 Å². The number of allylic oxidation sites excluding steroid dienone is 4. The van der Waals surface area contributed by atoms with E-state index in [0.29, 0.717) is 11.3 Å². The molecule has 0 aromatic heterocycles. The molecule has 1 fully saturated rings. The van der Waals surface area contributed by atoms with Crippen LogP contribution in [-0.2, 0) is 14.4 Å². The highest BCUT2D eigenvalue weighted by Crippen LogP contribution is 2.25. The van der Waals surface area contributed by atoms with E-state index in [9.17, 15) is 9.59 Å². The van der Waals surface area contributed by atoms with Crippen LogP contribution < -0.4 is 0 Å². The Bertz CT molecular complexity index is 520. The van der Waals surface area contributed by atoms with Gasteiger partial charge in [0.1, 0.15) is 5.71 Å². The van der Waals surface area contributed by atoms with Gasteiger partial charge in [-0.05, 0) is 43.4 Å². The molecule has 0 bridgehead atoms. The van der Waals surface area contributed by atoms with Crippen LogP contribution in [0.25, 0.3) is 0 Å². The van der Waals surface area contributed by atoms with E-state index < -0.39 is 0 Å². The third kappa shape index (κ3) is 3.90. The molecule has 4 heteroatoms. The number of carbonyl (C=O) groups is 2. The summed E-state index contributed by atoms with van der Waals surface area (Å²) in [5, 5.41) is 3.98. The first kappa shape index (κ1) is 15.7. The Kier molecular flexibility index (Phi) is 5.10. The van der Waals surface area contributed by atoms with Crippen molar-refractivity contribution < 1.29 is 14.4 Å². The van der Waals surface area contributed by atoms with E-state index in [2.05, 4.69) is 5.16 Å². The molecule has 4 nitrogen and oxygen atoms in total. The third-order valence-electron chi connectivity index (χ3n) is 4.12. The molecule has 0 spiro atoms. The molecule has 1 saturated carbocycles. The third-order valence-corrected chi connectivity index (χ3v) is 4.12. The van der Waals surface area contributed by atoms with E-state index in [1.165, 1.54) is 6.42 Å². The van der Waals surface area contributed by atoms with E-state index in [0.717, 1.165) is 31.3 Å². The van der Waals surface area contributed by atoms with Gasteiger partial charge in [-0.1, -0.05) is 38.3 Å². The highest BCUT2D eigenvalue weighted by atomic mass is 16.7. The second-order valence-corrected chi connectivity index (χ2v) is 6.17. The van der Waals surface area contributed by atoms with Crippen molar-refractivity contribution in [2.45, 2.75) is 52.9 Å². The number of hydrogen-bond donors (Lipinski definition) is 0. The van der Waals surface area contributed by atoms with Crippen LogP contribution in [0.2, 0.25) is 0 Å². The first-order valence-corrected chi connectivity index (χ1v) is 7.72. The summed E-state index contributed by atoms with van der Waals surface area (Å²) in [6.45, 7) is 5.73. The van der Waals surface area contributed by atoms with Gasteiger partial charge in [-0.2, -0.15) is 0 Å². The molecule has 0 saturated heterocycles. The van der Waals surface area contributed by atoms with Crippen LogP contribution in [0.3, 0.4) is 0 Å². The van der Waals surface area contributed by atoms with Crippen LogP contribution in [0.1, 0.15) is 52.9 Å². The van der Waals surface area contributed by atoms with Crippen molar-refractivity contribution in [1.82, 2.24) is 0 Å². The molecule has 2 aliphatic carbocycles. The van der Waals surface area contributed by atoms with Crippen molar-refractivity contribution in [3.63, 3.8) is 0 Å². The molecule has 0 aromatic rings. The minimum atomic E-state index is -0.244. The average Bonchev–Trinajstić information content (AvgIpc) is 2.46. The molecular formula is C17H23NO3. The van der Waals surface area contributed by atoms with Gasteiger partial charge in [0.15, 0.2) is 5.78 Å². The predicted molar refractivity (Wildman–Crippen MR) is 81.8 cm³/mol. The zero-order chi connectivity index (χ0) is 15.4. The molecule has 0 unspecified atom stereocenters. The molecule has 0 atom stereocenters. The number of rotatable bonds is 3. The Morgan fingerprint density at radius 1 is 1.24 bits per heavy atom. The topological polar surface area (TPSA) is 55.7 Å². The lowest BCUT2D eigenvalue weighted by molar-refractivity contribution is -0.149. The standard InChI is InChI=1S/C17H23NO3/c1-11(2)14-10-15(12(3)9-16(14)19)18-21-17(20)13-7-5-4-6-8-13/h9-11,13H,4-8H2,1-3H3/b18-15+. The first-order chi connectivity index (χ1) is 9.99. The van der Waals surface area contributed by atoms with E-state index in [4.69, 9.17) is 4.84 Å². The predicted octanol–water partition coefficient (Wildman–Crippen LogP) is 3.58. The number of ketones is 1. The SMILES string of the molecule is CC1=CC(=O)C(C(C)C)=C/C1=N\OC(=O)C1CCCCC1. The molecule has 0 heterocycles. The van der Waals surface area contributed by atoms with Crippen LogP contribution in [0, 0.1) is 11.8 Å². The quantitative estimate of drug-likeness (QED) is 0.453. The second kappa shape index (κ2) is 6.83. The monoisotopic (exact) mass is 289 g/mol. The van der Waals surface area contributed by atoms with Crippen molar-refractivity contribution in [1.29, 1.82) is 0 Å². The molecule has 2 rings (SSSR count). The molecular weight excluding hydrogens is 266 g/mol. The Hall–Kier alpha value is -1.71. The number of oxime groups is 1. The summed E-state index contributed by atoms with van der Waals surface area (Å²) in [4.78, 5) is 29.0. The number of hydrogen-bond acceptors (Lipinski definition) is 4. The lowest BCUT2D eigenvalue weighted by atomic mass is 9.89. The van der Waals surface area contributed by atoms with Gasteiger partial charge < -0.3 is 4.84 Å². The van der Waals surface area contributed by atoms with Crippen LogP contribution >= 0.6 is 0 Å². The highest BCUT2D eigenvalue weighted by molar-refractivity contribution is 6.21. The number of carbonyl (C=O) groups excluding carboxylic acids is 2. The molecule has 21 heavy (non-hydrogen) atoms. The van der Waals surface area contributed by atoms with Crippen LogP contribution in [0.4, 0.5) is 0 Å². The summed E-state index contributed by atoms with van der Waals surface area (Å²) in [7, 11) is 0. The minimum absolute atomic E-state index is 0.0139. The van der Waals surface area contributed by atoms with Gasteiger partial charge in [-0.25, -0.2) is 4.79 Å². The fourth-order valence-corrected chi connectivity index (χ4v) is 2.74. The minimum Gasteiger partial charge on any atom is -0.317 e. The molecule has 0 amide bonds. The summed E-state index contributed by atoms with van der Waals surface area (Å²) >= 11 is 0. The normalized spacial score (nSPS) is 22.3. The fraction of sp³-hybridized carbons (Fsp3) is 0.588. The van der Waals surface area contributed by atoms with Gasteiger partial charge >= 0.3 is 5.97 Å². The van der Waals surface area contributed by atoms with Gasteiger partial charge in [0.05, 0.1) is 5.92 Å². The molecule has 0 aliphatic heterocycles. The van der Waals surface area contributed by atoms with E-state index in [-0.39, 0.29) is 23.6 Å². The summed E-state index contributed by atoms with van der Waals surface area (Å²) in [5.41, 5.74) is 2.01. The average molecular weight is 289 g/mol. The summed E-state index contributed by atoms with van der Waals surface area (Å²) in [5.74, 6) is -0.126. The van der Waals surface area contributed by atoms with Gasteiger partial charge in [0.25, 0.3) is 0 Å². The van der Waals surface area contributed by atoms with E-state index in [1.54, 1.807) is 19.1 Å². The fourth-order valence-electron chi connectivity index (χ4n) is 2.74. The largest absolute Gasteiger partial charge is 0.338 e. The van der Waals surface area contributed by atoms with Crippen LogP contribution in [0.15, 0.2) is 28.5 Å². The maximum atomic E-state index is 12.0. The Labute approximate surface area is 125 Å².